The number of carbonyl (C=O) groups excluding carboxylic acids is 2. The fourth-order valence-corrected chi connectivity index (χ4v) is 4.04. The van der Waals surface area contributed by atoms with Gasteiger partial charge in [-0.1, -0.05) is 30.7 Å². The van der Waals surface area contributed by atoms with Crippen molar-refractivity contribution >= 4 is 29.1 Å². The fraction of sp³-hybridized carbons (Fsp3) is 0.579. The minimum absolute atomic E-state index is 0.0302. The normalized spacial score (nSPS) is 25.0. The molecule has 2 amide bonds. The zero-order valence-corrected chi connectivity index (χ0v) is 15.4. The maximum Gasteiger partial charge on any atom is 0.249 e. The lowest BCUT2D eigenvalue weighted by Gasteiger charge is -2.28. The van der Waals surface area contributed by atoms with Crippen molar-refractivity contribution < 1.29 is 9.59 Å². The highest BCUT2D eigenvalue weighted by atomic mass is 35.5. The molecule has 3 atom stereocenters. The van der Waals surface area contributed by atoms with E-state index in [9.17, 15) is 9.59 Å². The summed E-state index contributed by atoms with van der Waals surface area (Å²) in [5, 5.41) is 6.87. The molecular weight excluding hydrogens is 338 g/mol. The first kappa shape index (κ1) is 18.2. The molecule has 2 saturated heterocycles. The van der Waals surface area contributed by atoms with Gasteiger partial charge in [0.05, 0.1) is 10.7 Å². The molecule has 2 aliphatic heterocycles. The second-order valence-electron chi connectivity index (χ2n) is 7.14. The molecule has 2 fully saturated rings. The lowest BCUT2D eigenvalue weighted by Crippen LogP contribution is -2.43. The van der Waals surface area contributed by atoms with E-state index in [1.165, 1.54) is 12.8 Å². The van der Waals surface area contributed by atoms with Gasteiger partial charge in [-0.2, -0.15) is 0 Å². The lowest BCUT2D eigenvalue weighted by molar-refractivity contribution is -0.127. The summed E-state index contributed by atoms with van der Waals surface area (Å²) in [5.74, 6) is 0.758. The van der Waals surface area contributed by atoms with Crippen LogP contribution in [-0.2, 0) is 9.59 Å². The van der Waals surface area contributed by atoms with Crippen LogP contribution in [-0.4, -0.2) is 37.5 Å². The van der Waals surface area contributed by atoms with E-state index < -0.39 is 6.04 Å². The summed E-state index contributed by atoms with van der Waals surface area (Å²) in [6.45, 7) is 4.76. The van der Waals surface area contributed by atoms with E-state index in [2.05, 4.69) is 17.6 Å². The quantitative estimate of drug-likeness (QED) is 0.845. The summed E-state index contributed by atoms with van der Waals surface area (Å²) < 4.78 is 0. The van der Waals surface area contributed by atoms with Crippen LogP contribution < -0.4 is 15.5 Å². The van der Waals surface area contributed by atoms with Gasteiger partial charge in [-0.25, -0.2) is 0 Å². The molecule has 0 bridgehead atoms. The zero-order valence-electron chi connectivity index (χ0n) is 14.6. The van der Waals surface area contributed by atoms with Crippen molar-refractivity contribution in [3.05, 3.63) is 29.3 Å². The number of piperidine rings is 1. The summed E-state index contributed by atoms with van der Waals surface area (Å²) in [6, 6.07) is 6.87. The number of rotatable bonds is 5. The van der Waals surface area contributed by atoms with Crippen molar-refractivity contribution in [1.29, 1.82) is 0 Å². The lowest BCUT2D eigenvalue weighted by atomic mass is 9.85. The highest BCUT2D eigenvalue weighted by molar-refractivity contribution is 6.34. The Morgan fingerprint density at radius 2 is 2.20 bits per heavy atom. The molecule has 25 heavy (non-hydrogen) atoms. The van der Waals surface area contributed by atoms with Crippen molar-refractivity contribution in [2.24, 2.45) is 11.8 Å². The number of carbonyl (C=O) groups is 2. The van der Waals surface area contributed by atoms with E-state index >= 15 is 0 Å². The Morgan fingerprint density at radius 1 is 1.40 bits per heavy atom. The van der Waals surface area contributed by atoms with Gasteiger partial charge in [0.25, 0.3) is 0 Å². The number of benzene rings is 1. The van der Waals surface area contributed by atoms with E-state index in [0.29, 0.717) is 41.9 Å². The first-order valence-corrected chi connectivity index (χ1v) is 9.50. The Morgan fingerprint density at radius 3 is 2.92 bits per heavy atom. The van der Waals surface area contributed by atoms with Crippen molar-refractivity contribution in [3.8, 4) is 0 Å². The maximum absolute atomic E-state index is 12.6. The molecule has 2 N–H and O–H groups in total. The molecule has 0 saturated carbocycles. The number of hydrogen-bond acceptors (Lipinski definition) is 3. The third-order valence-electron chi connectivity index (χ3n) is 5.33. The second kappa shape index (κ2) is 8.19. The first-order valence-electron chi connectivity index (χ1n) is 9.12. The molecule has 0 spiro atoms. The zero-order chi connectivity index (χ0) is 17.8. The Kier molecular flexibility index (Phi) is 5.97. The topological polar surface area (TPSA) is 61.4 Å². The number of hydrogen-bond donors (Lipinski definition) is 2. The molecule has 2 aliphatic rings. The first-order chi connectivity index (χ1) is 12.1. The third-order valence-corrected chi connectivity index (χ3v) is 5.65. The van der Waals surface area contributed by atoms with Crippen molar-refractivity contribution in [2.45, 2.75) is 38.6 Å². The van der Waals surface area contributed by atoms with E-state index in [0.717, 1.165) is 13.1 Å². The monoisotopic (exact) mass is 363 g/mol. The van der Waals surface area contributed by atoms with Gasteiger partial charge in [0, 0.05) is 13.0 Å². The van der Waals surface area contributed by atoms with Crippen LogP contribution in [0.15, 0.2) is 24.3 Å². The van der Waals surface area contributed by atoms with Gasteiger partial charge in [-0.05, 0) is 56.3 Å². The van der Waals surface area contributed by atoms with Crippen molar-refractivity contribution in [2.75, 3.05) is 24.5 Å². The number of nitrogens with one attached hydrogen (secondary N) is 2. The molecule has 1 aromatic carbocycles. The predicted molar refractivity (Wildman–Crippen MR) is 99.7 cm³/mol. The Hall–Kier alpha value is -1.59. The molecule has 2 heterocycles. The van der Waals surface area contributed by atoms with Gasteiger partial charge in [-0.3, -0.25) is 9.59 Å². The fourth-order valence-electron chi connectivity index (χ4n) is 3.80. The van der Waals surface area contributed by atoms with E-state index in [-0.39, 0.29) is 11.8 Å². The molecular formula is C19H26ClN3O2. The number of para-hydroxylation sites is 1. The van der Waals surface area contributed by atoms with Crippen LogP contribution in [0, 0.1) is 11.8 Å². The average Bonchev–Trinajstić information content (AvgIpc) is 2.96. The summed E-state index contributed by atoms with van der Waals surface area (Å²) >= 11 is 6.19. The molecule has 6 heteroatoms. The van der Waals surface area contributed by atoms with Crippen LogP contribution in [0.25, 0.3) is 0 Å². The number of halogens is 1. The SMILES string of the molecule is CC(CC(=O)NC1CCN(c2ccccc2Cl)C1=O)C1CCCNC1. The highest BCUT2D eigenvalue weighted by Gasteiger charge is 2.34. The van der Waals surface area contributed by atoms with Crippen LogP contribution in [0.3, 0.4) is 0 Å². The van der Waals surface area contributed by atoms with Gasteiger partial charge in [-0.15, -0.1) is 0 Å². The van der Waals surface area contributed by atoms with Gasteiger partial charge >= 0.3 is 0 Å². The van der Waals surface area contributed by atoms with Gasteiger partial charge in [0.1, 0.15) is 6.04 Å². The highest BCUT2D eigenvalue weighted by Crippen LogP contribution is 2.29. The van der Waals surface area contributed by atoms with Crippen molar-refractivity contribution in [3.63, 3.8) is 0 Å². The number of anilines is 1. The Labute approximate surface area is 154 Å². The van der Waals surface area contributed by atoms with E-state index in [1.54, 1.807) is 11.0 Å². The molecule has 0 aliphatic carbocycles. The maximum atomic E-state index is 12.6. The summed E-state index contributed by atoms with van der Waals surface area (Å²) in [7, 11) is 0. The second-order valence-corrected chi connectivity index (χ2v) is 7.55. The van der Waals surface area contributed by atoms with Gasteiger partial charge in [0.15, 0.2) is 0 Å². The number of amides is 2. The summed E-state index contributed by atoms with van der Waals surface area (Å²) in [4.78, 5) is 26.7. The molecule has 0 aromatic heterocycles. The Balaban J connectivity index is 1.54. The molecule has 0 radical (unpaired) electrons. The third kappa shape index (κ3) is 4.33. The van der Waals surface area contributed by atoms with Crippen LogP contribution in [0.5, 0.6) is 0 Å². The molecule has 1 aromatic rings. The predicted octanol–water partition coefficient (Wildman–Crippen LogP) is 2.59. The van der Waals surface area contributed by atoms with Crippen LogP contribution in [0.1, 0.15) is 32.6 Å². The van der Waals surface area contributed by atoms with E-state index in [1.807, 2.05) is 18.2 Å². The van der Waals surface area contributed by atoms with Crippen LogP contribution in [0.2, 0.25) is 5.02 Å². The van der Waals surface area contributed by atoms with Gasteiger partial charge < -0.3 is 15.5 Å². The molecule has 5 nitrogen and oxygen atoms in total. The van der Waals surface area contributed by atoms with Crippen molar-refractivity contribution in [1.82, 2.24) is 10.6 Å². The average molecular weight is 364 g/mol. The molecule has 136 valence electrons. The number of nitrogens with zero attached hydrogens (tertiary/aromatic N) is 1. The van der Waals surface area contributed by atoms with E-state index in [4.69, 9.17) is 11.6 Å². The smallest absolute Gasteiger partial charge is 0.249 e. The minimum atomic E-state index is -0.444. The standard InChI is InChI=1S/C19H26ClN3O2/c1-13(14-5-4-9-21-12-14)11-18(24)22-16-8-10-23(19(16)25)17-7-3-2-6-15(17)20/h2-3,6-7,13-14,16,21H,4-5,8-12H2,1H3,(H,22,24). The largest absolute Gasteiger partial charge is 0.344 e. The molecule has 3 rings (SSSR count). The van der Waals surface area contributed by atoms with Crippen LogP contribution >= 0.6 is 11.6 Å². The van der Waals surface area contributed by atoms with Gasteiger partial charge in [0.2, 0.25) is 11.8 Å². The summed E-state index contributed by atoms with van der Waals surface area (Å²) in [6.07, 6.45) is 3.44. The minimum Gasteiger partial charge on any atom is -0.344 e. The van der Waals surface area contributed by atoms with Crippen LogP contribution in [0.4, 0.5) is 5.69 Å². The molecule has 3 unspecified atom stereocenters. The summed E-state index contributed by atoms with van der Waals surface area (Å²) in [5.41, 5.74) is 0.715. The Bertz CT molecular complexity index is 631.